The molecule has 0 aliphatic carbocycles. The van der Waals surface area contributed by atoms with E-state index in [0.717, 1.165) is 30.2 Å². The Morgan fingerprint density at radius 1 is 1.53 bits per heavy atom. The van der Waals surface area contributed by atoms with Crippen molar-refractivity contribution in [3.05, 3.63) is 16.1 Å². The highest BCUT2D eigenvalue weighted by Gasteiger charge is 2.17. The number of ether oxygens (including phenoxy) is 1. The normalized spacial score (nSPS) is 15.2. The van der Waals surface area contributed by atoms with Crippen molar-refractivity contribution in [1.29, 1.82) is 0 Å². The molecule has 0 radical (unpaired) electrons. The van der Waals surface area contributed by atoms with Crippen LogP contribution < -0.4 is 5.73 Å². The van der Waals surface area contributed by atoms with Crippen LogP contribution in [0.3, 0.4) is 0 Å². The number of hydrogen-bond donors (Lipinski definition) is 1. The molecule has 86 valence electrons. The molecular formula is C11H20N2OS. The van der Waals surface area contributed by atoms with E-state index in [9.17, 15) is 0 Å². The van der Waals surface area contributed by atoms with E-state index in [2.05, 4.69) is 17.3 Å². The molecule has 0 aliphatic rings. The summed E-state index contributed by atoms with van der Waals surface area (Å²) in [6.45, 7) is 6.84. The lowest BCUT2D eigenvalue weighted by Crippen LogP contribution is -2.38. The third-order valence-corrected chi connectivity index (χ3v) is 3.19. The summed E-state index contributed by atoms with van der Waals surface area (Å²) in [5, 5.41) is 3.18. The summed E-state index contributed by atoms with van der Waals surface area (Å²) in [7, 11) is 0. The summed E-state index contributed by atoms with van der Waals surface area (Å²) in [6, 6.07) is 0.0523. The highest BCUT2D eigenvalue weighted by atomic mass is 32.1. The van der Waals surface area contributed by atoms with Gasteiger partial charge in [0.2, 0.25) is 0 Å². The fraction of sp³-hybridized carbons (Fsp3) is 0.727. The van der Waals surface area contributed by atoms with Crippen molar-refractivity contribution in [2.75, 3.05) is 6.61 Å². The predicted molar refractivity (Wildman–Crippen MR) is 64.2 cm³/mol. The fourth-order valence-corrected chi connectivity index (χ4v) is 2.26. The van der Waals surface area contributed by atoms with Crippen LogP contribution in [0, 0.1) is 6.92 Å². The van der Waals surface area contributed by atoms with E-state index < -0.39 is 0 Å². The van der Waals surface area contributed by atoms with Crippen molar-refractivity contribution >= 4 is 11.3 Å². The first-order chi connectivity index (χ1) is 7.17. The Labute approximate surface area is 95.7 Å². The molecule has 4 heteroatoms. The monoisotopic (exact) mass is 228 g/mol. The number of nitrogens with zero attached hydrogens (tertiary/aromatic N) is 1. The minimum absolute atomic E-state index is 0.0523. The largest absolute Gasteiger partial charge is 0.377 e. The van der Waals surface area contributed by atoms with E-state index in [0.29, 0.717) is 0 Å². The Hall–Kier alpha value is -0.450. The van der Waals surface area contributed by atoms with E-state index in [4.69, 9.17) is 10.5 Å². The molecule has 0 saturated carbocycles. The van der Waals surface area contributed by atoms with Crippen molar-refractivity contribution in [3.8, 4) is 0 Å². The Morgan fingerprint density at radius 2 is 2.27 bits per heavy atom. The summed E-state index contributed by atoms with van der Waals surface area (Å²) in [4.78, 5) is 4.41. The van der Waals surface area contributed by atoms with Gasteiger partial charge in [0.05, 0.1) is 16.8 Å². The summed E-state index contributed by atoms with van der Waals surface area (Å²) in [6.07, 6.45) is 1.91. The van der Waals surface area contributed by atoms with E-state index >= 15 is 0 Å². The second-order valence-corrected chi connectivity index (χ2v) is 4.69. The molecule has 1 aromatic rings. The molecule has 2 atom stereocenters. The maximum absolute atomic E-state index is 6.10. The number of hydrogen-bond acceptors (Lipinski definition) is 4. The fourth-order valence-electron chi connectivity index (χ4n) is 1.63. The molecule has 0 amide bonds. The van der Waals surface area contributed by atoms with Crippen molar-refractivity contribution in [3.63, 3.8) is 0 Å². The molecule has 0 spiro atoms. The summed E-state index contributed by atoms with van der Waals surface area (Å²) < 4.78 is 5.58. The molecular weight excluding hydrogens is 208 g/mol. The molecule has 0 saturated heterocycles. The van der Waals surface area contributed by atoms with Gasteiger partial charge in [-0.3, -0.25) is 0 Å². The summed E-state index contributed by atoms with van der Waals surface area (Å²) in [5.74, 6) is 0. The van der Waals surface area contributed by atoms with E-state index in [1.165, 1.54) is 0 Å². The third-order valence-electron chi connectivity index (χ3n) is 2.37. The molecule has 1 aromatic heterocycles. The van der Waals surface area contributed by atoms with Crippen LogP contribution >= 0.6 is 11.3 Å². The number of aryl methyl sites for hydroxylation is 1. The first kappa shape index (κ1) is 12.6. The van der Waals surface area contributed by atoms with Gasteiger partial charge < -0.3 is 10.5 Å². The van der Waals surface area contributed by atoms with Crippen molar-refractivity contribution in [2.45, 2.75) is 45.8 Å². The van der Waals surface area contributed by atoms with Gasteiger partial charge >= 0.3 is 0 Å². The molecule has 2 unspecified atom stereocenters. The van der Waals surface area contributed by atoms with Gasteiger partial charge in [0.25, 0.3) is 0 Å². The number of thiazole rings is 1. The van der Waals surface area contributed by atoms with Gasteiger partial charge in [-0.2, -0.15) is 0 Å². The smallest absolute Gasteiger partial charge is 0.0897 e. The molecule has 0 fully saturated rings. The van der Waals surface area contributed by atoms with Gasteiger partial charge in [-0.15, -0.1) is 11.3 Å². The van der Waals surface area contributed by atoms with Crippen molar-refractivity contribution in [2.24, 2.45) is 5.73 Å². The maximum atomic E-state index is 6.10. The zero-order chi connectivity index (χ0) is 11.3. The van der Waals surface area contributed by atoms with E-state index in [1.54, 1.807) is 11.3 Å². The molecule has 0 aromatic carbocycles. The average Bonchev–Trinajstić information content (AvgIpc) is 2.60. The molecule has 1 rings (SSSR count). The Kier molecular flexibility index (Phi) is 5.22. The lowest BCUT2D eigenvalue weighted by molar-refractivity contribution is 0.0415. The van der Waals surface area contributed by atoms with Crippen LogP contribution in [0.4, 0.5) is 0 Å². The number of aromatic nitrogens is 1. The average molecular weight is 228 g/mol. The zero-order valence-electron chi connectivity index (χ0n) is 9.69. The first-order valence-electron chi connectivity index (χ1n) is 5.45. The van der Waals surface area contributed by atoms with E-state index in [-0.39, 0.29) is 12.1 Å². The van der Waals surface area contributed by atoms with Crippen LogP contribution in [0.1, 0.15) is 31.0 Å². The summed E-state index contributed by atoms with van der Waals surface area (Å²) in [5.41, 5.74) is 7.18. The van der Waals surface area contributed by atoms with Gasteiger partial charge in [-0.1, -0.05) is 6.92 Å². The van der Waals surface area contributed by atoms with Gasteiger partial charge in [-0.05, 0) is 20.3 Å². The second-order valence-electron chi connectivity index (χ2n) is 3.63. The number of rotatable bonds is 6. The standard InChI is InChI=1S/C11H20N2OS/c1-4-11(14-5-2)10(12)6-9-7-15-8(3)13-9/h7,10-11H,4-6,12H2,1-3H3. The lowest BCUT2D eigenvalue weighted by atomic mass is 10.0. The minimum atomic E-state index is 0.0523. The second kappa shape index (κ2) is 6.20. The molecule has 1 heterocycles. The summed E-state index contributed by atoms with van der Waals surface area (Å²) >= 11 is 1.67. The molecule has 0 aliphatic heterocycles. The molecule has 0 bridgehead atoms. The van der Waals surface area contributed by atoms with Gasteiger partial charge in [0.1, 0.15) is 0 Å². The van der Waals surface area contributed by atoms with Crippen LogP contribution in [0.15, 0.2) is 5.38 Å². The SMILES string of the molecule is CCOC(CC)C(N)Cc1csc(C)n1. The Balaban J connectivity index is 2.49. The molecule has 15 heavy (non-hydrogen) atoms. The molecule has 3 nitrogen and oxygen atoms in total. The first-order valence-corrected chi connectivity index (χ1v) is 6.33. The number of nitrogens with two attached hydrogens (primary N) is 1. The van der Waals surface area contributed by atoms with Crippen LogP contribution in [-0.2, 0) is 11.2 Å². The van der Waals surface area contributed by atoms with Crippen LogP contribution in [0.25, 0.3) is 0 Å². The van der Waals surface area contributed by atoms with Crippen LogP contribution in [-0.4, -0.2) is 23.7 Å². The van der Waals surface area contributed by atoms with Crippen molar-refractivity contribution < 1.29 is 4.74 Å². The van der Waals surface area contributed by atoms with Gasteiger partial charge in [0, 0.05) is 24.4 Å². The van der Waals surface area contributed by atoms with Gasteiger partial charge in [-0.25, -0.2) is 4.98 Å². The topological polar surface area (TPSA) is 48.1 Å². The lowest BCUT2D eigenvalue weighted by Gasteiger charge is -2.21. The Morgan fingerprint density at radius 3 is 2.73 bits per heavy atom. The molecule has 2 N–H and O–H groups in total. The highest BCUT2D eigenvalue weighted by Crippen LogP contribution is 2.12. The highest BCUT2D eigenvalue weighted by molar-refractivity contribution is 7.09. The minimum Gasteiger partial charge on any atom is -0.377 e. The quantitative estimate of drug-likeness (QED) is 0.811. The van der Waals surface area contributed by atoms with E-state index in [1.807, 2.05) is 13.8 Å². The van der Waals surface area contributed by atoms with Crippen LogP contribution in [0.2, 0.25) is 0 Å². The third kappa shape index (κ3) is 3.89. The van der Waals surface area contributed by atoms with Crippen LogP contribution in [0.5, 0.6) is 0 Å². The zero-order valence-corrected chi connectivity index (χ0v) is 10.5. The predicted octanol–water partition coefficient (Wildman–Crippen LogP) is 2.14. The van der Waals surface area contributed by atoms with Gasteiger partial charge in [0.15, 0.2) is 0 Å². The van der Waals surface area contributed by atoms with Crippen molar-refractivity contribution in [1.82, 2.24) is 4.98 Å². The Bertz CT molecular complexity index is 288. The maximum Gasteiger partial charge on any atom is 0.0897 e.